The number of amides is 3. The molecule has 4 aromatic rings. The van der Waals surface area contributed by atoms with Crippen LogP contribution in [0.5, 0.6) is 11.5 Å². The number of hydrogen-bond acceptors (Lipinski definition) is 6. The molecule has 1 unspecified atom stereocenters. The van der Waals surface area contributed by atoms with E-state index in [0.29, 0.717) is 22.5 Å². The number of halogens is 3. The van der Waals surface area contributed by atoms with Crippen LogP contribution >= 0.6 is 0 Å². The second-order valence-electron chi connectivity index (χ2n) is 10.7. The average molecular weight is 645 g/mol. The molecule has 0 saturated carbocycles. The fourth-order valence-electron chi connectivity index (χ4n) is 5.01. The molecular weight excluding hydrogens is 613 g/mol. The minimum Gasteiger partial charge on any atom is -0.485 e. The van der Waals surface area contributed by atoms with Gasteiger partial charge >= 0.3 is 6.61 Å². The number of pyridine rings is 1. The first kappa shape index (κ1) is 32.7. The van der Waals surface area contributed by atoms with Crippen LogP contribution in [-0.2, 0) is 22.7 Å². The molecule has 1 aliphatic heterocycles. The highest BCUT2D eigenvalue weighted by Gasteiger charge is 2.33. The minimum absolute atomic E-state index is 0.0250. The van der Waals surface area contributed by atoms with Gasteiger partial charge < -0.3 is 24.6 Å². The third-order valence-corrected chi connectivity index (χ3v) is 7.46. The number of anilines is 1. The first-order chi connectivity index (χ1) is 22.6. The van der Waals surface area contributed by atoms with E-state index >= 15 is 0 Å². The maximum absolute atomic E-state index is 13.3. The average Bonchev–Trinajstić information content (AvgIpc) is 3.53. The van der Waals surface area contributed by atoms with Crippen molar-refractivity contribution in [2.45, 2.75) is 32.7 Å². The largest absolute Gasteiger partial charge is 0.485 e. The summed E-state index contributed by atoms with van der Waals surface area (Å²) in [5, 5.41) is 2.78. The van der Waals surface area contributed by atoms with Gasteiger partial charge in [-0.25, -0.2) is 9.37 Å². The molecule has 1 atom stereocenters. The van der Waals surface area contributed by atoms with Gasteiger partial charge in [0, 0.05) is 26.2 Å². The van der Waals surface area contributed by atoms with Crippen molar-refractivity contribution in [3.63, 3.8) is 0 Å². The van der Waals surface area contributed by atoms with Gasteiger partial charge in [0.05, 0.1) is 12.2 Å². The number of carbonyl (C=O) groups is 3. The third-order valence-electron chi connectivity index (χ3n) is 7.46. The highest BCUT2D eigenvalue weighted by molar-refractivity contribution is 6.04. The van der Waals surface area contributed by atoms with E-state index < -0.39 is 30.3 Å². The molecule has 1 N–H and O–H groups in total. The third kappa shape index (κ3) is 8.15. The van der Waals surface area contributed by atoms with Gasteiger partial charge in [-0.2, -0.15) is 8.78 Å². The number of carbonyl (C=O) groups excluding carboxylic acids is 3. The molecule has 2 heterocycles. The normalized spacial score (nSPS) is 14.0. The molecule has 47 heavy (non-hydrogen) atoms. The Morgan fingerprint density at radius 1 is 0.979 bits per heavy atom. The van der Waals surface area contributed by atoms with Crippen LogP contribution in [0.2, 0.25) is 0 Å². The van der Waals surface area contributed by atoms with Crippen molar-refractivity contribution >= 4 is 29.0 Å². The zero-order chi connectivity index (χ0) is 33.5. The molecule has 242 valence electrons. The van der Waals surface area contributed by atoms with E-state index in [2.05, 4.69) is 15.0 Å². The van der Waals surface area contributed by atoms with Crippen molar-refractivity contribution in [2.75, 3.05) is 18.5 Å². The lowest BCUT2D eigenvalue weighted by atomic mass is 10.1. The number of benzene rings is 3. The number of ether oxygens (including phenoxy) is 2. The highest BCUT2D eigenvalue weighted by Crippen LogP contribution is 2.35. The number of alkyl halides is 2. The zero-order valence-corrected chi connectivity index (χ0v) is 25.5. The van der Waals surface area contributed by atoms with Crippen LogP contribution in [0.25, 0.3) is 5.57 Å². The van der Waals surface area contributed by atoms with Gasteiger partial charge in [0.1, 0.15) is 24.2 Å². The van der Waals surface area contributed by atoms with Gasteiger partial charge in [-0.15, -0.1) is 0 Å². The van der Waals surface area contributed by atoms with E-state index in [-0.39, 0.29) is 42.8 Å². The second kappa shape index (κ2) is 14.6. The number of nitrogens with zero attached hydrogens (tertiary/aromatic N) is 3. The summed E-state index contributed by atoms with van der Waals surface area (Å²) in [6, 6.07) is 23.0. The summed E-state index contributed by atoms with van der Waals surface area (Å²) < 4.78 is 50.0. The Morgan fingerprint density at radius 3 is 2.43 bits per heavy atom. The fraction of sp³-hybridized carbons (Fsp3) is 0.200. The lowest BCUT2D eigenvalue weighted by Crippen LogP contribution is -2.45. The Kier molecular flexibility index (Phi) is 10.2. The molecule has 1 aromatic heterocycles. The molecule has 0 fully saturated rings. The number of hydrogen-bond donors (Lipinski definition) is 1. The van der Waals surface area contributed by atoms with Crippen LogP contribution in [0.1, 0.15) is 34.2 Å². The first-order valence-electron chi connectivity index (χ1n) is 14.6. The molecule has 0 bridgehead atoms. The summed E-state index contributed by atoms with van der Waals surface area (Å²) >= 11 is 0. The number of aromatic nitrogens is 1. The van der Waals surface area contributed by atoms with Gasteiger partial charge in [0.2, 0.25) is 11.8 Å². The smallest absolute Gasteiger partial charge is 0.387 e. The van der Waals surface area contributed by atoms with Crippen LogP contribution in [0.3, 0.4) is 0 Å². The Bertz CT molecular complexity index is 1780. The maximum Gasteiger partial charge on any atom is 0.387 e. The molecule has 0 saturated heterocycles. The Balaban J connectivity index is 1.30. The zero-order valence-electron chi connectivity index (χ0n) is 25.5. The van der Waals surface area contributed by atoms with Gasteiger partial charge in [0.25, 0.3) is 5.91 Å². The molecule has 12 heteroatoms. The quantitative estimate of drug-likeness (QED) is 0.228. The van der Waals surface area contributed by atoms with Crippen LogP contribution in [-0.4, -0.2) is 53.9 Å². The van der Waals surface area contributed by atoms with E-state index in [1.165, 1.54) is 53.1 Å². The Labute approximate surface area is 269 Å². The lowest BCUT2D eigenvalue weighted by Gasteiger charge is -2.22. The van der Waals surface area contributed by atoms with Crippen LogP contribution in [0.4, 0.5) is 18.9 Å². The predicted octanol–water partition coefficient (Wildman–Crippen LogP) is 5.61. The maximum atomic E-state index is 13.3. The number of nitrogens with one attached hydrogen (secondary N) is 1. The van der Waals surface area contributed by atoms with Crippen LogP contribution in [0.15, 0.2) is 97.1 Å². The van der Waals surface area contributed by atoms with Gasteiger partial charge in [-0.1, -0.05) is 42.5 Å². The molecule has 3 aromatic carbocycles. The topological polar surface area (TPSA) is 101 Å². The molecule has 1 aliphatic rings. The van der Waals surface area contributed by atoms with Crippen molar-refractivity contribution in [2.24, 2.45) is 0 Å². The molecule has 5 rings (SSSR count). The molecule has 0 spiro atoms. The van der Waals surface area contributed by atoms with E-state index in [9.17, 15) is 27.6 Å². The fourth-order valence-corrected chi connectivity index (χ4v) is 5.01. The van der Waals surface area contributed by atoms with E-state index in [1.807, 2.05) is 30.3 Å². The van der Waals surface area contributed by atoms with Crippen LogP contribution in [0, 0.1) is 5.82 Å². The van der Waals surface area contributed by atoms with Gasteiger partial charge in [-0.3, -0.25) is 14.4 Å². The monoisotopic (exact) mass is 644 g/mol. The predicted molar refractivity (Wildman–Crippen MR) is 168 cm³/mol. The molecule has 0 radical (unpaired) electrons. The molecule has 9 nitrogen and oxygen atoms in total. The summed E-state index contributed by atoms with van der Waals surface area (Å²) in [5.41, 5.74) is 3.02. The summed E-state index contributed by atoms with van der Waals surface area (Å²) in [5.74, 6) is -1.73. The van der Waals surface area contributed by atoms with E-state index in [4.69, 9.17) is 4.74 Å². The van der Waals surface area contributed by atoms with Gasteiger partial charge in [0.15, 0.2) is 11.5 Å². The number of rotatable bonds is 11. The first-order valence-corrected chi connectivity index (χ1v) is 14.6. The standard InChI is InChI=1S/C35H31F3N4O5/c1-22(43)42-20-25(24-11-16-31(47-35(37)38)32(18-24)46-21-23-7-4-3-5-8-23)17-30(42)33(44)39-19-27-9-6-10-29(40-27)34(45)41(2)28-14-12-26(36)13-15-28/h3-18,30,35H,19-21H2,1-2H3,(H,39,44). The van der Waals surface area contributed by atoms with Crippen molar-refractivity contribution in [3.05, 3.63) is 125 Å². The molecule has 3 amide bonds. The SMILES string of the molecule is CC(=O)N1CC(c2ccc(OC(F)F)c(OCc3ccccc3)c2)=CC1C(=O)NCc1cccc(C(=O)N(C)c2ccc(F)cc2)n1. The Hall–Kier alpha value is -5.65. The summed E-state index contributed by atoms with van der Waals surface area (Å²) in [4.78, 5) is 46.0. The van der Waals surface area contributed by atoms with E-state index in [1.54, 1.807) is 37.4 Å². The van der Waals surface area contributed by atoms with Gasteiger partial charge in [-0.05, 0) is 71.3 Å². The van der Waals surface area contributed by atoms with E-state index in [0.717, 1.165) is 5.56 Å². The Morgan fingerprint density at radius 2 is 1.72 bits per heavy atom. The highest BCUT2D eigenvalue weighted by atomic mass is 19.3. The summed E-state index contributed by atoms with van der Waals surface area (Å²) in [6.07, 6.45) is 1.63. The summed E-state index contributed by atoms with van der Waals surface area (Å²) in [6.45, 7) is -1.53. The van der Waals surface area contributed by atoms with Crippen LogP contribution < -0.4 is 19.7 Å². The van der Waals surface area contributed by atoms with Crippen molar-refractivity contribution in [3.8, 4) is 11.5 Å². The summed E-state index contributed by atoms with van der Waals surface area (Å²) in [7, 11) is 1.55. The van der Waals surface area contributed by atoms with Crippen molar-refractivity contribution in [1.29, 1.82) is 0 Å². The lowest BCUT2D eigenvalue weighted by molar-refractivity contribution is -0.136. The molecule has 0 aliphatic carbocycles. The van der Waals surface area contributed by atoms with Crippen molar-refractivity contribution in [1.82, 2.24) is 15.2 Å². The molecular formula is C35H31F3N4O5. The second-order valence-corrected chi connectivity index (χ2v) is 10.7. The minimum atomic E-state index is -3.06. The van der Waals surface area contributed by atoms with Crippen molar-refractivity contribution < 1.29 is 37.0 Å².